The molecule has 1 atom stereocenters. The van der Waals surface area contributed by atoms with E-state index in [1.807, 2.05) is 36.0 Å². The van der Waals surface area contributed by atoms with Crippen LogP contribution in [0.5, 0.6) is 0 Å². The SMILES string of the molecule is CCOCCCNC(=O)C1CCCN(c2nnc(-n3cccc3)s2)C1. The Balaban J connectivity index is 1.51. The van der Waals surface area contributed by atoms with Gasteiger partial charge in [0.1, 0.15) is 0 Å². The van der Waals surface area contributed by atoms with Crippen LogP contribution >= 0.6 is 11.3 Å². The predicted molar refractivity (Wildman–Crippen MR) is 98.3 cm³/mol. The maximum Gasteiger partial charge on any atom is 0.224 e. The number of hydrogen-bond acceptors (Lipinski definition) is 6. The molecule has 1 aliphatic heterocycles. The second-order valence-electron chi connectivity index (χ2n) is 6.08. The van der Waals surface area contributed by atoms with Gasteiger partial charge in [0.05, 0.1) is 5.92 Å². The van der Waals surface area contributed by atoms with Crippen LogP contribution in [0.1, 0.15) is 26.2 Å². The van der Waals surface area contributed by atoms with Gasteiger partial charge in [-0.15, -0.1) is 10.2 Å². The molecule has 0 aliphatic carbocycles. The monoisotopic (exact) mass is 363 g/mol. The van der Waals surface area contributed by atoms with Crippen molar-refractivity contribution in [2.24, 2.45) is 5.92 Å². The van der Waals surface area contributed by atoms with Crippen LogP contribution in [-0.4, -0.2) is 53.5 Å². The van der Waals surface area contributed by atoms with Crippen molar-refractivity contribution < 1.29 is 9.53 Å². The van der Waals surface area contributed by atoms with Crippen molar-refractivity contribution >= 4 is 22.4 Å². The first-order valence-electron chi connectivity index (χ1n) is 8.85. The molecule has 1 amide bonds. The number of rotatable bonds is 8. The number of carbonyl (C=O) groups is 1. The summed E-state index contributed by atoms with van der Waals surface area (Å²) in [6, 6.07) is 3.93. The lowest BCUT2D eigenvalue weighted by atomic mass is 9.97. The number of anilines is 1. The summed E-state index contributed by atoms with van der Waals surface area (Å²) in [6.45, 7) is 5.70. The Morgan fingerprint density at radius 1 is 1.36 bits per heavy atom. The predicted octanol–water partition coefficient (Wildman–Crippen LogP) is 2.09. The number of nitrogens with zero attached hydrogens (tertiary/aromatic N) is 4. The van der Waals surface area contributed by atoms with Crippen LogP contribution in [0.3, 0.4) is 0 Å². The van der Waals surface area contributed by atoms with Crippen molar-refractivity contribution in [1.29, 1.82) is 0 Å². The number of hydrogen-bond donors (Lipinski definition) is 1. The Bertz CT molecular complexity index is 658. The number of ether oxygens (including phenoxy) is 1. The standard InChI is InChI=1S/C17H25N5O2S/c1-2-24-12-6-8-18-15(23)14-7-5-11-22(13-14)17-20-19-16(25-17)21-9-3-4-10-21/h3-4,9-10,14H,2,5-8,11-13H2,1H3,(H,18,23). The fourth-order valence-electron chi connectivity index (χ4n) is 2.94. The molecular formula is C17H25N5O2S. The van der Waals surface area contributed by atoms with Crippen molar-refractivity contribution in [2.45, 2.75) is 26.2 Å². The van der Waals surface area contributed by atoms with E-state index in [4.69, 9.17) is 4.74 Å². The Labute approximate surface area is 152 Å². The van der Waals surface area contributed by atoms with Gasteiger partial charge in [-0.1, -0.05) is 11.3 Å². The van der Waals surface area contributed by atoms with Crippen LogP contribution in [0.25, 0.3) is 5.13 Å². The quantitative estimate of drug-likeness (QED) is 0.727. The molecule has 0 aromatic carbocycles. The van der Waals surface area contributed by atoms with Gasteiger partial charge in [0, 0.05) is 45.2 Å². The van der Waals surface area contributed by atoms with E-state index < -0.39 is 0 Å². The van der Waals surface area contributed by atoms with Crippen LogP contribution in [0.15, 0.2) is 24.5 Å². The van der Waals surface area contributed by atoms with E-state index >= 15 is 0 Å². The molecule has 1 saturated heterocycles. The minimum absolute atomic E-state index is 0.0137. The summed E-state index contributed by atoms with van der Waals surface area (Å²) < 4.78 is 7.25. The number of amides is 1. The van der Waals surface area contributed by atoms with Gasteiger partial charge in [-0.2, -0.15) is 0 Å². The molecular weight excluding hydrogens is 338 g/mol. The molecule has 2 aromatic rings. The third-order valence-corrected chi connectivity index (χ3v) is 5.26. The first-order chi connectivity index (χ1) is 12.3. The van der Waals surface area contributed by atoms with Crippen LogP contribution in [0, 0.1) is 5.92 Å². The highest BCUT2D eigenvalue weighted by atomic mass is 32.1. The Hall–Kier alpha value is -1.93. The topological polar surface area (TPSA) is 72.3 Å². The third-order valence-electron chi connectivity index (χ3n) is 4.26. The minimum Gasteiger partial charge on any atom is -0.382 e. The van der Waals surface area contributed by atoms with Crippen LogP contribution in [0.4, 0.5) is 5.13 Å². The number of nitrogens with one attached hydrogen (secondary N) is 1. The summed E-state index contributed by atoms with van der Waals surface area (Å²) in [4.78, 5) is 14.6. The van der Waals surface area contributed by atoms with Crippen molar-refractivity contribution in [3.8, 4) is 5.13 Å². The summed E-state index contributed by atoms with van der Waals surface area (Å²) in [6.07, 6.45) is 6.69. The Kier molecular flexibility index (Phi) is 6.41. The van der Waals surface area contributed by atoms with Gasteiger partial charge >= 0.3 is 0 Å². The third kappa shape index (κ3) is 4.79. The summed E-state index contributed by atoms with van der Waals surface area (Å²) in [5, 5.41) is 13.3. The largest absolute Gasteiger partial charge is 0.382 e. The van der Waals surface area contributed by atoms with Gasteiger partial charge in [-0.05, 0) is 38.3 Å². The van der Waals surface area contributed by atoms with Crippen molar-refractivity contribution in [3.05, 3.63) is 24.5 Å². The number of piperidine rings is 1. The number of carbonyl (C=O) groups excluding carboxylic acids is 1. The molecule has 0 radical (unpaired) electrons. The average molecular weight is 363 g/mol. The Morgan fingerprint density at radius 3 is 2.96 bits per heavy atom. The first kappa shape index (κ1) is 17.9. The highest BCUT2D eigenvalue weighted by molar-refractivity contribution is 7.17. The molecule has 3 rings (SSSR count). The molecule has 8 heteroatoms. The molecule has 0 spiro atoms. The smallest absolute Gasteiger partial charge is 0.224 e. The average Bonchev–Trinajstić information content (AvgIpc) is 3.33. The summed E-state index contributed by atoms with van der Waals surface area (Å²) >= 11 is 1.56. The highest BCUT2D eigenvalue weighted by Crippen LogP contribution is 2.27. The summed E-state index contributed by atoms with van der Waals surface area (Å²) in [5.41, 5.74) is 0. The van der Waals surface area contributed by atoms with E-state index in [9.17, 15) is 4.79 Å². The van der Waals surface area contributed by atoms with E-state index in [-0.39, 0.29) is 11.8 Å². The molecule has 1 N–H and O–H groups in total. The molecule has 2 aromatic heterocycles. The van der Waals surface area contributed by atoms with Gasteiger partial charge in [0.2, 0.25) is 16.2 Å². The van der Waals surface area contributed by atoms with E-state index in [0.717, 1.165) is 42.7 Å². The molecule has 1 aliphatic rings. The fraction of sp³-hybridized carbons (Fsp3) is 0.588. The van der Waals surface area contributed by atoms with Crippen LogP contribution in [0.2, 0.25) is 0 Å². The van der Waals surface area contributed by atoms with Crippen molar-refractivity contribution in [2.75, 3.05) is 37.7 Å². The lowest BCUT2D eigenvalue weighted by Gasteiger charge is -2.31. The maximum atomic E-state index is 12.4. The zero-order valence-electron chi connectivity index (χ0n) is 14.6. The zero-order valence-corrected chi connectivity index (χ0v) is 15.4. The lowest BCUT2D eigenvalue weighted by molar-refractivity contribution is -0.125. The van der Waals surface area contributed by atoms with Gasteiger partial charge in [-0.25, -0.2) is 0 Å². The van der Waals surface area contributed by atoms with E-state index in [2.05, 4.69) is 20.4 Å². The second kappa shape index (κ2) is 8.96. The van der Waals surface area contributed by atoms with E-state index in [1.165, 1.54) is 0 Å². The van der Waals surface area contributed by atoms with Crippen LogP contribution < -0.4 is 10.2 Å². The lowest BCUT2D eigenvalue weighted by Crippen LogP contribution is -2.43. The molecule has 1 unspecified atom stereocenters. The highest BCUT2D eigenvalue weighted by Gasteiger charge is 2.27. The Morgan fingerprint density at radius 2 is 2.16 bits per heavy atom. The zero-order chi connectivity index (χ0) is 17.5. The molecule has 7 nitrogen and oxygen atoms in total. The van der Waals surface area contributed by atoms with Gasteiger partial charge in [0.25, 0.3) is 0 Å². The van der Waals surface area contributed by atoms with Crippen molar-refractivity contribution in [1.82, 2.24) is 20.1 Å². The normalized spacial score (nSPS) is 17.6. The van der Waals surface area contributed by atoms with Crippen molar-refractivity contribution in [3.63, 3.8) is 0 Å². The molecule has 0 saturated carbocycles. The molecule has 136 valence electrons. The summed E-state index contributed by atoms with van der Waals surface area (Å²) in [7, 11) is 0. The maximum absolute atomic E-state index is 12.4. The number of aromatic nitrogens is 3. The molecule has 3 heterocycles. The molecule has 1 fully saturated rings. The minimum atomic E-state index is 0.0137. The second-order valence-corrected chi connectivity index (χ2v) is 7.02. The molecule has 0 bridgehead atoms. The van der Waals surface area contributed by atoms with Gasteiger partial charge < -0.3 is 15.0 Å². The van der Waals surface area contributed by atoms with E-state index in [0.29, 0.717) is 19.7 Å². The molecule has 25 heavy (non-hydrogen) atoms. The van der Waals surface area contributed by atoms with Crippen LogP contribution in [-0.2, 0) is 9.53 Å². The first-order valence-corrected chi connectivity index (χ1v) is 9.67. The van der Waals surface area contributed by atoms with Gasteiger partial charge in [0.15, 0.2) is 0 Å². The van der Waals surface area contributed by atoms with Gasteiger partial charge in [-0.3, -0.25) is 9.36 Å². The fourth-order valence-corrected chi connectivity index (χ4v) is 3.79. The summed E-state index contributed by atoms with van der Waals surface area (Å²) in [5.74, 6) is 0.149. The van der Waals surface area contributed by atoms with E-state index in [1.54, 1.807) is 11.3 Å².